The van der Waals surface area contributed by atoms with Gasteiger partial charge in [0.1, 0.15) is 13.2 Å². The lowest BCUT2D eigenvalue weighted by molar-refractivity contribution is -0.167. The van der Waals surface area contributed by atoms with E-state index in [9.17, 15) is 14.4 Å². The summed E-state index contributed by atoms with van der Waals surface area (Å²) in [5.41, 5.74) is 0. The van der Waals surface area contributed by atoms with Gasteiger partial charge in [0.05, 0.1) is 0 Å². The van der Waals surface area contributed by atoms with Crippen molar-refractivity contribution < 1.29 is 28.6 Å². The van der Waals surface area contributed by atoms with Gasteiger partial charge in [-0.1, -0.05) is 249 Å². The molecule has 0 bridgehead atoms. The third kappa shape index (κ3) is 56.3. The van der Waals surface area contributed by atoms with E-state index in [0.29, 0.717) is 19.3 Å². The van der Waals surface area contributed by atoms with Crippen LogP contribution in [0.3, 0.4) is 0 Å². The number of hydrogen-bond acceptors (Lipinski definition) is 6. The fourth-order valence-electron chi connectivity index (χ4n) is 8.88. The van der Waals surface area contributed by atoms with E-state index in [2.05, 4.69) is 69.4 Å². The van der Waals surface area contributed by atoms with Gasteiger partial charge in [0.15, 0.2) is 6.10 Å². The summed E-state index contributed by atoms with van der Waals surface area (Å²) in [7, 11) is 0. The summed E-state index contributed by atoms with van der Waals surface area (Å²) in [6.07, 6.45) is 72.5. The highest BCUT2D eigenvalue weighted by atomic mass is 16.6. The first-order valence-corrected chi connectivity index (χ1v) is 30.6. The van der Waals surface area contributed by atoms with Gasteiger partial charge in [-0.15, -0.1) is 0 Å². The highest BCUT2D eigenvalue weighted by Gasteiger charge is 2.19. The molecule has 0 aliphatic heterocycles. The number of carbonyl (C=O) groups excluding carboxylic acids is 3. The van der Waals surface area contributed by atoms with Crippen molar-refractivity contribution in [2.75, 3.05) is 13.2 Å². The molecule has 70 heavy (non-hydrogen) atoms. The Kier molecular flexibility index (Phi) is 56.7. The van der Waals surface area contributed by atoms with Crippen LogP contribution in [0.15, 0.2) is 48.6 Å². The Hall–Kier alpha value is -2.63. The molecule has 0 aliphatic rings. The Morgan fingerprint density at radius 3 is 0.800 bits per heavy atom. The van der Waals surface area contributed by atoms with Crippen molar-refractivity contribution in [3.8, 4) is 0 Å². The zero-order valence-electron chi connectivity index (χ0n) is 46.8. The maximum atomic E-state index is 12.9. The highest BCUT2D eigenvalue weighted by Crippen LogP contribution is 2.16. The second-order valence-corrected chi connectivity index (χ2v) is 20.6. The van der Waals surface area contributed by atoms with Gasteiger partial charge in [0, 0.05) is 19.3 Å². The molecule has 6 nitrogen and oxygen atoms in total. The van der Waals surface area contributed by atoms with Crippen molar-refractivity contribution in [2.24, 2.45) is 0 Å². The minimum absolute atomic E-state index is 0.0782. The summed E-state index contributed by atoms with van der Waals surface area (Å²) in [5, 5.41) is 0. The Morgan fingerprint density at radius 1 is 0.286 bits per heavy atom. The van der Waals surface area contributed by atoms with Crippen LogP contribution in [0.4, 0.5) is 0 Å². The van der Waals surface area contributed by atoms with Crippen LogP contribution < -0.4 is 0 Å². The average molecular weight is 982 g/mol. The van der Waals surface area contributed by atoms with E-state index in [-0.39, 0.29) is 31.1 Å². The maximum absolute atomic E-state index is 12.9. The smallest absolute Gasteiger partial charge is 0.306 e. The van der Waals surface area contributed by atoms with Gasteiger partial charge in [-0.05, 0) is 103 Å². The van der Waals surface area contributed by atoms with Crippen LogP contribution >= 0.6 is 0 Å². The molecule has 0 aliphatic carbocycles. The molecule has 0 fully saturated rings. The number of esters is 3. The molecule has 0 aromatic carbocycles. The number of ether oxygens (including phenoxy) is 3. The van der Waals surface area contributed by atoms with Crippen LogP contribution in [-0.4, -0.2) is 37.2 Å². The number of rotatable bonds is 56. The Balaban J connectivity index is 4.31. The Bertz CT molecular complexity index is 1220. The first-order valence-electron chi connectivity index (χ1n) is 30.6. The third-order valence-electron chi connectivity index (χ3n) is 13.5. The molecule has 0 amide bonds. The minimum Gasteiger partial charge on any atom is -0.462 e. The summed E-state index contributed by atoms with van der Waals surface area (Å²) in [6, 6.07) is 0. The molecule has 1 atom stereocenters. The van der Waals surface area contributed by atoms with Crippen molar-refractivity contribution in [1.82, 2.24) is 0 Å². The van der Waals surface area contributed by atoms with Crippen molar-refractivity contribution in [1.29, 1.82) is 0 Å². The Labute approximate surface area is 435 Å². The van der Waals surface area contributed by atoms with Gasteiger partial charge in [-0.25, -0.2) is 0 Å². The SMILES string of the molecule is CCCCCCC/C=C\C/C=C\CCCCCCCCCCCCCC(=O)OCC(COC(=O)CCCCCCC/C=C\CCCCCCC)OC(=O)CCCCCCC/C=C\CCCCCCCC. The summed E-state index contributed by atoms with van der Waals surface area (Å²) in [4.78, 5) is 38.2. The van der Waals surface area contributed by atoms with Gasteiger partial charge in [0.25, 0.3) is 0 Å². The monoisotopic (exact) mass is 981 g/mol. The van der Waals surface area contributed by atoms with E-state index in [4.69, 9.17) is 14.2 Å². The van der Waals surface area contributed by atoms with Crippen LogP contribution in [0.1, 0.15) is 323 Å². The molecule has 0 heterocycles. The molecule has 1 unspecified atom stereocenters. The second-order valence-electron chi connectivity index (χ2n) is 20.6. The van der Waals surface area contributed by atoms with Gasteiger partial charge >= 0.3 is 17.9 Å². The predicted octanol–water partition coefficient (Wildman–Crippen LogP) is 20.6. The van der Waals surface area contributed by atoms with E-state index in [1.165, 1.54) is 205 Å². The molecule has 0 saturated heterocycles. The Morgan fingerprint density at radius 2 is 0.514 bits per heavy atom. The van der Waals surface area contributed by atoms with Crippen LogP contribution in [0, 0.1) is 0 Å². The van der Waals surface area contributed by atoms with Crippen LogP contribution in [-0.2, 0) is 28.6 Å². The zero-order valence-corrected chi connectivity index (χ0v) is 46.8. The first-order chi connectivity index (χ1) is 34.5. The van der Waals surface area contributed by atoms with Gasteiger partial charge < -0.3 is 14.2 Å². The van der Waals surface area contributed by atoms with E-state index >= 15 is 0 Å². The van der Waals surface area contributed by atoms with E-state index < -0.39 is 6.10 Å². The van der Waals surface area contributed by atoms with Crippen molar-refractivity contribution in [3.05, 3.63) is 48.6 Å². The third-order valence-corrected chi connectivity index (χ3v) is 13.5. The number of carbonyl (C=O) groups is 3. The molecule has 6 heteroatoms. The highest BCUT2D eigenvalue weighted by molar-refractivity contribution is 5.71. The molecule has 408 valence electrons. The summed E-state index contributed by atoms with van der Waals surface area (Å²) in [6.45, 7) is 6.64. The maximum Gasteiger partial charge on any atom is 0.306 e. The van der Waals surface area contributed by atoms with Crippen LogP contribution in [0.25, 0.3) is 0 Å². The topological polar surface area (TPSA) is 78.9 Å². The largest absolute Gasteiger partial charge is 0.462 e. The molecule has 0 aromatic heterocycles. The standard InChI is InChI=1S/C64H116O6/c1-4-7-10-13-16-19-22-25-28-29-30-31-32-33-34-35-37-39-42-45-48-51-54-57-63(66)69-60-61(59-68-62(65)56-53-50-47-44-41-38-27-24-21-18-15-12-9-6-3)70-64(67)58-55-52-49-46-43-40-36-26-23-20-17-14-11-8-5-2/h22,24-27,29-30,36,61H,4-21,23,28,31-35,37-60H2,1-3H3/b25-22-,27-24-,30-29-,36-26-. The summed E-state index contributed by atoms with van der Waals surface area (Å²) < 4.78 is 16.9. The van der Waals surface area contributed by atoms with Gasteiger partial charge in [0.2, 0.25) is 0 Å². The van der Waals surface area contributed by atoms with Crippen molar-refractivity contribution in [3.63, 3.8) is 0 Å². The van der Waals surface area contributed by atoms with Crippen LogP contribution in [0.5, 0.6) is 0 Å². The molecule has 0 rings (SSSR count). The molecular weight excluding hydrogens is 865 g/mol. The van der Waals surface area contributed by atoms with Gasteiger partial charge in [-0.2, -0.15) is 0 Å². The first kappa shape index (κ1) is 67.4. The van der Waals surface area contributed by atoms with Crippen LogP contribution in [0.2, 0.25) is 0 Å². The summed E-state index contributed by atoms with van der Waals surface area (Å²) in [5.74, 6) is -0.882. The molecule has 0 aromatic rings. The van der Waals surface area contributed by atoms with E-state index in [1.54, 1.807) is 0 Å². The molecule has 0 radical (unpaired) electrons. The van der Waals surface area contributed by atoms with Crippen molar-refractivity contribution in [2.45, 2.75) is 329 Å². The van der Waals surface area contributed by atoms with E-state index in [0.717, 1.165) is 77.0 Å². The molecule has 0 saturated carbocycles. The van der Waals surface area contributed by atoms with Gasteiger partial charge in [-0.3, -0.25) is 14.4 Å². The number of hydrogen-bond donors (Lipinski definition) is 0. The molecular formula is C64H116O6. The molecule has 0 N–H and O–H groups in total. The fourth-order valence-corrected chi connectivity index (χ4v) is 8.88. The normalized spacial score (nSPS) is 12.3. The quantitative estimate of drug-likeness (QED) is 0.0261. The number of allylic oxidation sites excluding steroid dienone is 8. The molecule has 0 spiro atoms. The lowest BCUT2D eigenvalue weighted by atomic mass is 10.0. The summed E-state index contributed by atoms with van der Waals surface area (Å²) >= 11 is 0. The predicted molar refractivity (Wildman–Crippen MR) is 302 cm³/mol. The number of unbranched alkanes of at least 4 members (excludes halogenated alkanes) is 37. The second kappa shape index (κ2) is 58.9. The van der Waals surface area contributed by atoms with Crippen molar-refractivity contribution >= 4 is 17.9 Å². The fraction of sp³-hybridized carbons (Fsp3) is 0.828. The minimum atomic E-state index is -0.781. The lowest BCUT2D eigenvalue weighted by Gasteiger charge is -2.18. The average Bonchev–Trinajstić information content (AvgIpc) is 3.36. The van der Waals surface area contributed by atoms with E-state index in [1.807, 2.05) is 0 Å². The lowest BCUT2D eigenvalue weighted by Crippen LogP contribution is -2.30. The zero-order chi connectivity index (χ0) is 50.7.